The maximum atomic E-state index is 13.1. The summed E-state index contributed by atoms with van der Waals surface area (Å²) in [7, 11) is 0. The Balaban J connectivity index is 1.50. The molecular formula is C63H63N3O. The quantitative estimate of drug-likeness (QED) is 0.157. The van der Waals surface area contributed by atoms with Crippen molar-refractivity contribution in [3.8, 4) is 78.6 Å². The van der Waals surface area contributed by atoms with Crippen LogP contribution in [0, 0.1) is 6.85 Å². The minimum atomic E-state index is -4.25. The maximum Gasteiger partial charge on any atom is 0.149 e. The molecule has 336 valence electrons. The minimum absolute atomic E-state index is 0.0143. The summed E-state index contributed by atoms with van der Waals surface area (Å²) in [5, 5.41) is 13.1. The van der Waals surface area contributed by atoms with E-state index in [1.54, 1.807) is 44.3 Å². The molecule has 0 bridgehead atoms. The van der Waals surface area contributed by atoms with Crippen LogP contribution in [-0.4, -0.2) is 19.6 Å². The molecule has 0 aliphatic carbocycles. The number of aryl methyl sites for hydroxylation is 1. The van der Waals surface area contributed by atoms with Crippen LogP contribution in [0.2, 0.25) is 0 Å². The second-order valence-electron chi connectivity index (χ2n) is 17.6. The van der Waals surface area contributed by atoms with E-state index >= 15 is 0 Å². The van der Waals surface area contributed by atoms with E-state index in [4.69, 9.17) is 36.0 Å². The van der Waals surface area contributed by atoms with Gasteiger partial charge in [0, 0.05) is 53.0 Å². The molecular weight excluding hydrogens is 815 g/mol. The Morgan fingerprint density at radius 1 is 0.552 bits per heavy atom. The van der Waals surface area contributed by atoms with Crippen LogP contribution in [-0.2, 0) is 10.8 Å². The molecule has 0 amide bonds. The van der Waals surface area contributed by atoms with Gasteiger partial charge >= 0.3 is 0 Å². The van der Waals surface area contributed by atoms with E-state index in [9.17, 15) is 9.22 Å². The first kappa shape index (κ1) is 25.8. The lowest BCUT2D eigenvalue weighted by Crippen LogP contribution is -2.17. The fourth-order valence-electron chi connectivity index (χ4n) is 8.54. The highest BCUT2D eigenvalue weighted by Gasteiger charge is 2.29. The zero-order valence-electron chi connectivity index (χ0n) is 59.5. The van der Waals surface area contributed by atoms with Gasteiger partial charge in [0.2, 0.25) is 0 Å². The summed E-state index contributed by atoms with van der Waals surface area (Å²) in [5.41, 5.74) is -5.50. The van der Waals surface area contributed by atoms with Gasteiger partial charge in [0.25, 0.3) is 0 Å². The molecule has 0 fully saturated rings. The first-order valence-electron chi connectivity index (χ1n) is 32.9. The topological polar surface area (TPSA) is 50.9 Å². The second kappa shape index (κ2) is 17.6. The van der Waals surface area contributed by atoms with Gasteiger partial charge in [-0.1, -0.05) is 172 Å². The van der Waals surface area contributed by atoms with Gasteiger partial charge < -0.3 is 5.11 Å². The second-order valence-corrected chi connectivity index (χ2v) is 17.6. The third kappa shape index (κ3) is 8.98. The van der Waals surface area contributed by atoms with Gasteiger partial charge in [0.1, 0.15) is 11.6 Å². The molecule has 0 saturated heterocycles. The number of hydrogen-bond donors (Lipinski definition) is 1. The molecule has 0 atom stereocenters. The van der Waals surface area contributed by atoms with Gasteiger partial charge in [-0.3, -0.25) is 9.55 Å². The first-order valence-corrected chi connectivity index (χ1v) is 21.9. The number of rotatable bonds is 9. The molecule has 0 unspecified atom stereocenters. The summed E-state index contributed by atoms with van der Waals surface area (Å²) in [5.74, 6) is -3.33. The number of phenolic OH excluding ortho intramolecular Hbond substituents is 1. The van der Waals surface area contributed by atoms with Crippen molar-refractivity contribution >= 4 is 11.0 Å². The Bertz CT molecular complexity index is 4050. The van der Waals surface area contributed by atoms with Gasteiger partial charge in [-0.15, -0.1) is 0 Å². The van der Waals surface area contributed by atoms with Crippen molar-refractivity contribution in [2.45, 2.75) is 98.3 Å². The number of aromatic nitrogens is 3. The van der Waals surface area contributed by atoms with Crippen molar-refractivity contribution in [3.05, 3.63) is 192 Å². The fraction of sp³-hybridized carbons (Fsp3) is 0.238. The summed E-state index contributed by atoms with van der Waals surface area (Å²) in [6.07, 6.45) is 1.67. The van der Waals surface area contributed by atoms with Crippen LogP contribution in [0.5, 0.6) is 5.75 Å². The van der Waals surface area contributed by atoms with Crippen LogP contribution in [0.1, 0.15) is 139 Å². The number of fused-ring (bicyclic) bond motifs is 1. The Kier molecular flexibility index (Phi) is 6.78. The average molecular weight is 900 g/mol. The molecule has 0 aliphatic rings. The van der Waals surface area contributed by atoms with Gasteiger partial charge in [0.15, 0.2) is 0 Å². The first-order chi connectivity index (χ1) is 41.0. The molecule has 9 aromatic rings. The summed E-state index contributed by atoms with van der Waals surface area (Å²) in [6, 6.07) is 43.7. The Hall–Kier alpha value is -7.04. The summed E-state index contributed by atoms with van der Waals surface area (Å²) in [6.45, 7) is -20.9. The SMILES string of the molecule is [2H]C([2H])([2H])c1cc(-c2cc(C(C)C)cc(C([2H])(C)C)c2)ccc1-n1c(-c2cc(C(C([2H])([2H])[2H])(C([2H])([2H])[2H])C([2H])([2H])[2H])cc(C(C([2H])([2H])[2H])(C([2H])([2H])[2H])C([2H])([2H])[2H])c2O)nc2c(-c3cc(-c4ccccc4)cc(-c4cc(-c5ccccc5)ccn4)c3)cccc21. The Morgan fingerprint density at radius 2 is 1.21 bits per heavy atom. The highest BCUT2D eigenvalue weighted by Crippen LogP contribution is 2.45. The number of aromatic hydroxyl groups is 1. The molecule has 9 rings (SSSR count). The van der Waals surface area contributed by atoms with Gasteiger partial charge in [-0.05, 0) is 145 Å². The number of para-hydroxylation sites is 1. The standard InChI is InChI=1S/C63H63N3O/c1-39(2)46-30-47(40(3)4)32-49(31-46)44-25-26-57(41(5)29-44)66-58-24-18-23-53(59(58)65-61(66)54-37-52(62(6,7)8)38-55(60(54)67)63(9,10)11)50-33-48(43-21-16-13-17-22-43)34-51(35-50)56-36-45(27-28-64-56)42-19-14-12-15-20-42/h12-40,67H,1-11H3/i5D3,6D3,7D3,8D3,9D3,10D3,11D3,39D. The number of hydrogen-bond acceptors (Lipinski definition) is 3. The number of benzene rings is 7. The van der Waals surface area contributed by atoms with Crippen LogP contribution >= 0.6 is 0 Å². The largest absolute Gasteiger partial charge is 0.507 e. The minimum Gasteiger partial charge on any atom is -0.507 e. The number of nitrogens with zero attached hydrogens (tertiary/aromatic N) is 3. The van der Waals surface area contributed by atoms with E-state index in [-0.39, 0.29) is 28.7 Å². The molecule has 1 N–H and O–H groups in total. The van der Waals surface area contributed by atoms with E-state index in [0.717, 1.165) is 22.3 Å². The average Bonchev–Trinajstić information content (AvgIpc) is 1.32. The predicted octanol–water partition coefficient (Wildman–Crippen LogP) is 17.3. The van der Waals surface area contributed by atoms with Crippen molar-refractivity contribution in [3.63, 3.8) is 0 Å². The summed E-state index contributed by atoms with van der Waals surface area (Å²) < 4.78 is 196. The molecule has 4 nitrogen and oxygen atoms in total. The zero-order valence-corrected chi connectivity index (χ0v) is 37.5. The zero-order chi connectivity index (χ0) is 65.8. The molecule has 0 aliphatic heterocycles. The molecule has 4 heteroatoms. The normalized spacial score (nSPS) is 18.5. The predicted molar refractivity (Wildman–Crippen MR) is 283 cm³/mol. The Labute approximate surface area is 429 Å². The lowest BCUT2D eigenvalue weighted by molar-refractivity contribution is 0.446. The van der Waals surface area contributed by atoms with Crippen molar-refractivity contribution < 1.29 is 35.3 Å². The number of pyridine rings is 1. The van der Waals surface area contributed by atoms with Crippen LogP contribution in [0.3, 0.4) is 0 Å². The lowest BCUT2D eigenvalue weighted by atomic mass is 9.79. The van der Waals surface area contributed by atoms with Crippen molar-refractivity contribution in [2.24, 2.45) is 0 Å². The van der Waals surface area contributed by atoms with Crippen LogP contribution in [0.15, 0.2) is 164 Å². The summed E-state index contributed by atoms with van der Waals surface area (Å²) >= 11 is 0. The Morgan fingerprint density at radius 3 is 1.90 bits per heavy atom. The number of imidazole rings is 1. The van der Waals surface area contributed by atoms with Gasteiger partial charge in [-0.2, -0.15) is 0 Å². The van der Waals surface area contributed by atoms with Crippen molar-refractivity contribution in [1.82, 2.24) is 14.5 Å². The van der Waals surface area contributed by atoms with Crippen LogP contribution < -0.4 is 0 Å². The van der Waals surface area contributed by atoms with Gasteiger partial charge in [0.05, 0.1) is 28.0 Å². The van der Waals surface area contributed by atoms with E-state index in [1.807, 2.05) is 117 Å². The summed E-state index contributed by atoms with van der Waals surface area (Å²) in [4.78, 5) is 9.86. The molecule has 0 radical (unpaired) electrons. The molecule has 2 aromatic heterocycles. The maximum absolute atomic E-state index is 13.1. The van der Waals surface area contributed by atoms with E-state index in [2.05, 4.69) is 0 Å². The molecule has 0 saturated carbocycles. The van der Waals surface area contributed by atoms with E-state index in [1.165, 1.54) is 22.8 Å². The molecule has 67 heavy (non-hydrogen) atoms. The van der Waals surface area contributed by atoms with E-state index < -0.39 is 98.5 Å². The third-order valence-electron chi connectivity index (χ3n) is 12.2. The van der Waals surface area contributed by atoms with Gasteiger partial charge in [-0.25, -0.2) is 4.98 Å². The highest BCUT2D eigenvalue weighted by molar-refractivity contribution is 5.98. The van der Waals surface area contributed by atoms with Crippen LogP contribution in [0.25, 0.3) is 83.9 Å². The highest BCUT2D eigenvalue weighted by atomic mass is 16.3. The monoisotopic (exact) mass is 900 g/mol. The van der Waals surface area contributed by atoms with E-state index in [0.29, 0.717) is 50.7 Å². The number of phenols is 1. The smallest absolute Gasteiger partial charge is 0.149 e. The lowest BCUT2D eigenvalue weighted by Gasteiger charge is -2.27. The molecule has 0 spiro atoms. The fourth-order valence-corrected chi connectivity index (χ4v) is 8.54. The molecule has 2 heterocycles. The van der Waals surface area contributed by atoms with Crippen molar-refractivity contribution in [2.75, 3.05) is 0 Å². The van der Waals surface area contributed by atoms with Crippen molar-refractivity contribution in [1.29, 1.82) is 0 Å². The van der Waals surface area contributed by atoms with Crippen LogP contribution in [0.4, 0.5) is 0 Å². The third-order valence-corrected chi connectivity index (χ3v) is 12.2. The molecule has 7 aromatic carbocycles.